The number of rotatable bonds is 10. The largest absolute Gasteiger partial charge is 0.460 e. The van der Waals surface area contributed by atoms with E-state index < -0.39 is 0 Å². The Morgan fingerprint density at radius 1 is 1.06 bits per heavy atom. The van der Waals surface area contributed by atoms with Crippen molar-refractivity contribution < 1.29 is 14.3 Å². The topological polar surface area (TPSA) is 78.3 Å². The van der Waals surface area contributed by atoms with Gasteiger partial charge in [-0.15, -0.1) is 5.10 Å². The summed E-state index contributed by atoms with van der Waals surface area (Å²) in [6, 6.07) is 16.1. The van der Waals surface area contributed by atoms with Gasteiger partial charge in [-0.05, 0) is 43.5 Å². The highest BCUT2D eigenvalue weighted by Crippen LogP contribution is 2.29. The molecule has 1 fully saturated rings. The highest BCUT2D eigenvalue weighted by molar-refractivity contribution is 5.90. The van der Waals surface area contributed by atoms with Gasteiger partial charge in [-0.25, -0.2) is 4.68 Å². The number of hydrogen-bond donors (Lipinski definition) is 1. The number of aromatic nitrogens is 3. The summed E-state index contributed by atoms with van der Waals surface area (Å²) in [5.41, 5.74) is 3.74. The molecule has 7 nitrogen and oxygen atoms in total. The van der Waals surface area contributed by atoms with Crippen molar-refractivity contribution in [2.45, 2.75) is 45.4 Å². The predicted molar refractivity (Wildman–Crippen MR) is 129 cm³/mol. The smallest absolute Gasteiger partial charge is 0.336 e. The first kappa shape index (κ1) is 23.0. The summed E-state index contributed by atoms with van der Waals surface area (Å²) in [5.74, 6) is 1.48. The van der Waals surface area contributed by atoms with Gasteiger partial charge < -0.3 is 14.8 Å². The number of hydrogen-bond acceptors (Lipinski definition) is 5. The number of ether oxygens (including phenoxy) is 2. The van der Waals surface area contributed by atoms with Gasteiger partial charge in [0.15, 0.2) is 5.82 Å². The molecule has 1 heterocycles. The second kappa shape index (κ2) is 11.1. The van der Waals surface area contributed by atoms with E-state index in [4.69, 9.17) is 9.47 Å². The van der Waals surface area contributed by atoms with Gasteiger partial charge in [0.05, 0.1) is 12.3 Å². The molecule has 1 N–H and O–H groups in total. The van der Waals surface area contributed by atoms with E-state index in [0.717, 1.165) is 23.4 Å². The molecule has 4 rings (SSSR count). The molecular formula is C26H32N4O3. The number of methoxy groups -OCH3 is 1. The number of carbonyl (C=O) groups excluding carboxylic acids is 1. The number of aryl methyl sites for hydroxylation is 1. The zero-order chi connectivity index (χ0) is 23.0. The van der Waals surface area contributed by atoms with Crippen molar-refractivity contribution in [2.75, 3.05) is 25.6 Å². The van der Waals surface area contributed by atoms with E-state index in [1.807, 2.05) is 48.5 Å². The number of amides is 1. The second-order valence-electron chi connectivity index (χ2n) is 8.62. The number of nitrogens with zero attached hydrogens (tertiary/aromatic N) is 3. The molecule has 0 spiro atoms. The summed E-state index contributed by atoms with van der Waals surface area (Å²) in [7, 11) is 1.63. The van der Waals surface area contributed by atoms with E-state index in [1.165, 1.54) is 31.2 Å². The zero-order valence-corrected chi connectivity index (χ0v) is 19.4. The molecule has 7 heteroatoms. The fourth-order valence-electron chi connectivity index (χ4n) is 4.18. The number of anilines is 1. The van der Waals surface area contributed by atoms with E-state index in [1.54, 1.807) is 11.8 Å². The average molecular weight is 449 g/mol. The van der Waals surface area contributed by atoms with Crippen molar-refractivity contribution in [2.24, 2.45) is 5.92 Å². The summed E-state index contributed by atoms with van der Waals surface area (Å²) in [6.07, 6.45) is 6.70. The fourth-order valence-corrected chi connectivity index (χ4v) is 4.18. The minimum Gasteiger partial charge on any atom is -0.460 e. The minimum absolute atomic E-state index is 0.0737. The normalized spacial score (nSPS) is 13.9. The van der Waals surface area contributed by atoms with Gasteiger partial charge in [0, 0.05) is 24.8 Å². The van der Waals surface area contributed by atoms with Crippen LogP contribution in [0.15, 0.2) is 48.5 Å². The molecule has 0 unspecified atom stereocenters. The summed E-state index contributed by atoms with van der Waals surface area (Å²) in [6.45, 7) is 2.89. The van der Waals surface area contributed by atoms with Crippen LogP contribution in [0.2, 0.25) is 0 Å². The first-order chi connectivity index (χ1) is 16.1. The van der Waals surface area contributed by atoms with Crippen molar-refractivity contribution >= 4 is 11.6 Å². The lowest BCUT2D eigenvalue weighted by molar-refractivity contribution is -0.116. The van der Waals surface area contributed by atoms with Gasteiger partial charge in [0.25, 0.3) is 0 Å². The van der Waals surface area contributed by atoms with Crippen LogP contribution in [0.4, 0.5) is 5.69 Å². The Bertz CT molecular complexity index is 1040. The van der Waals surface area contributed by atoms with Gasteiger partial charge in [0.2, 0.25) is 5.91 Å². The van der Waals surface area contributed by atoms with E-state index in [0.29, 0.717) is 37.4 Å². The number of benzene rings is 2. The lowest BCUT2D eigenvalue weighted by atomic mass is 10.0. The summed E-state index contributed by atoms with van der Waals surface area (Å²) in [4.78, 5) is 16.9. The van der Waals surface area contributed by atoms with Gasteiger partial charge in [-0.1, -0.05) is 55.5 Å². The summed E-state index contributed by atoms with van der Waals surface area (Å²) < 4.78 is 12.5. The maximum atomic E-state index is 12.4. The first-order valence-corrected chi connectivity index (χ1v) is 11.7. The third kappa shape index (κ3) is 6.20. The standard InChI is InChI=1S/C26H32N4O3/c1-19-7-10-21(11-8-19)25-28-26(33-18-17-32-2)29-30(25)23-14-12-22(13-15-23)27-24(31)16-9-20-5-3-4-6-20/h7-8,10-15,20H,3-6,9,16-18H2,1-2H3,(H,27,31). The average Bonchev–Trinajstić information content (AvgIpc) is 3.49. The molecule has 1 aromatic heterocycles. The van der Waals surface area contributed by atoms with Gasteiger partial charge in [-0.2, -0.15) is 4.98 Å². The van der Waals surface area contributed by atoms with Gasteiger partial charge in [0.1, 0.15) is 6.61 Å². The monoisotopic (exact) mass is 448 g/mol. The lowest BCUT2D eigenvalue weighted by Crippen LogP contribution is -2.12. The van der Waals surface area contributed by atoms with Crippen molar-refractivity contribution in [1.82, 2.24) is 14.8 Å². The van der Waals surface area contributed by atoms with Crippen LogP contribution < -0.4 is 10.1 Å². The molecule has 33 heavy (non-hydrogen) atoms. The fraction of sp³-hybridized carbons (Fsp3) is 0.423. The molecule has 0 saturated heterocycles. The van der Waals surface area contributed by atoms with Crippen molar-refractivity contribution in [1.29, 1.82) is 0 Å². The Kier molecular flexibility index (Phi) is 7.73. The Hall–Kier alpha value is -3.19. The van der Waals surface area contributed by atoms with Crippen molar-refractivity contribution in [3.63, 3.8) is 0 Å². The van der Waals surface area contributed by atoms with Crippen LogP contribution in [-0.2, 0) is 9.53 Å². The maximum Gasteiger partial charge on any atom is 0.336 e. The van der Waals surface area contributed by atoms with Gasteiger partial charge in [-0.3, -0.25) is 4.79 Å². The third-order valence-electron chi connectivity index (χ3n) is 6.07. The molecule has 2 aromatic carbocycles. The van der Waals surface area contributed by atoms with E-state index in [9.17, 15) is 4.79 Å². The number of carbonyl (C=O) groups is 1. The molecule has 3 aromatic rings. The molecule has 0 radical (unpaired) electrons. The van der Waals surface area contributed by atoms with Crippen LogP contribution in [-0.4, -0.2) is 41.0 Å². The molecule has 0 atom stereocenters. The Morgan fingerprint density at radius 2 is 1.79 bits per heavy atom. The van der Waals surface area contributed by atoms with Crippen LogP contribution in [0.1, 0.15) is 44.1 Å². The molecule has 174 valence electrons. The minimum atomic E-state index is 0.0737. The van der Waals surface area contributed by atoms with Crippen LogP contribution >= 0.6 is 0 Å². The lowest BCUT2D eigenvalue weighted by Gasteiger charge is -2.10. The van der Waals surface area contributed by atoms with E-state index in [2.05, 4.69) is 22.3 Å². The molecular weight excluding hydrogens is 416 g/mol. The predicted octanol–water partition coefficient (Wildman–Crippen LogP) is 5.18. The van der Waals surface area contributed by atoms with Crippen molar-refractivity contribution in [3.8, 4) is 23.1 Å². The quantitative estimate of drug-likeness (QED) is 0.433. The van der Waals surface area contributed by atoms with E-state index in [-0.39, 0.29) is 5.91 Å². The Labute approximate surface area is 195 Å². The SMILES string of the molecule is COCCOc1nc(-c2ccc(C)cc2)n(-c2ccc(NC(=O)CCC3CCCC3)cc2)n1. The summed E-state index contributed by atoms with van der Waals surface area (Å²) in [5, 5.41) is 7.57. The van der Waals surface area contributed by atoms with Crippen LogP contribution in [0.25, 0.3) is 17.1 Å². The van der Waals surface area contributed by atoms with Crippen LogP contribution in [0.3, 0.4) is 0 Å². The maximum absolute atomic E-state index is 12.4. The highest BCUT2D eigenvalue weighted by Gasteiger charge is 2.17. The first-order valence-electron chi connectivity index (χ1n) is 11.7. The Morgan fingerprint density at radius 3 is 2.48 bits per heavy atom. The summed E-state index contributed by atoms with van der Waals surface area (Å²) >= 11 is 0. The molecule has 1 aliphatic rings. The van der Waals surface area contributed by atoms with Crippen molar-refractivity contribution in [3.05, 3.63) is 54.1 Å². The molecule has 0 bridgehead atoms. The molecule has 1 aliphatic carbocycles. The molecule has 1 amide bonds. The third-order valence-corrected chi connectivity index (χ3v) is 6.07. The van der Waals surface area contributed by atoms with E-state index >= 15 is 0 Å². The molecule has 0 aliphatic heterocycles. The molecule has 1 saturated carbocycles. The highest BCUT2D eigenvalue weighted by atomic mass is 16.5. The van der Waals surface area contributed by atoms with Crippen LogP contribution in [0.5, 0.6) is 6.01 Å². The zero-order valence-electron chi connectivity index (χ0n) is 19.4. The second-order valence-corrected chi connectivity index (χ2v) is 8.62. The van der Waals surface area contributed by atoms with Crippen LogP contribution in [0, 0.1) is 12.8 Å². The van der Waals surface area contributed by atoms with Gasteiger partial charge >= 0.3 is 6.01 Å². The number of nitrogens with one attached hydrogen (secondary N) is 1. The Balaban J connectivity index is 1.48.